The van der Waals surface area contributed by atoms with E-state index in [1.54, 1.807) is 55.6 Å². The van der Waals surface area contributed by atoms with E-state index in [4.69, 9.17) is 11.6 Å². The van der Waals surface area contributed by atoms with Crippen molar-refractivity contribution in [2.45, 2.75) is 6.92 Å². The topological polar surface area (TPSA) is 49.4 Å². The summed E-state index contributed by atoms with van der Waals surface area (Å²) in [5.41, 5.74) is 1.57. The first-order valence-electron chi connectivity index (χ1n) is 6.40. The van der Waals surface area contributed by atoms with E-state index in [1.165, 1.54) is 11.8 Å². The molecule has 0 fully saturated rings. The van der Waals surface area contributed by atoms with Gasteiger partial charge in [0.1, 0.15) is 0 Å². The molecule has 0 radical (unpaired) electrons. The van der Waals surface area contributed by atoms with Crippen molar-refractivity contribution in [2.75, 3.05) is 17.3 Å². The third kappa shape index (κ3) is 3.41. The predicted octanol–water partition coefficient (Wildman–Crippen LogP) is 3.58. The SMILES string of the molecule is CC(=O)N(C)c1ccccc1NC(=O)c1ccccc1Cl. The first kappa shape index (κ1) is 15.1. The van der Waals surface area contributed by atoms with Crippen molar-refractivity contribution in [3.05, 3.63) is 59.1 Å². The van der Waals surface area contributed by atoms with E-state index in [1.807, 2.05) is 0 Å². The minimum Gasteiger partial charge on any atom is -0.320 e. The van der Waals surface area contributed by atoms with Gasteiger partial charge in [-0.25, -0.2) is 0 Å². The lowest BCUT2D eigenvalue weighted by molar-refractivity contribution is -0.116. The van der Waals surface area contributed by atoms with Gasteiger partial charge >= 0.3 is 0 Å². The summed E-state index contributed by atoms with van der Waals surface area (Å²) in [5.74, 6) is -0.431. The Labute approximate surface area is 128 Å². The van der Waals surface area contributed by atoms with Crippen molar-refractivity contribution < 1.29 is 9.59 Å². The molecule has 0 aliphatic rings. The van der Waals surface area contributed by atoms with E-state index in [2.05, 4.69) is 5.32 Å². The first-order chi connectivity index (χ1) is 10.0. The van der Waals surface area contributed by atoms with E-state index in [9.17, 15) is 9.59 Å². The normalized spacial score (nSPS) is 10.0. The van der Waals surface area contributed by atoms with Gasteiger partial charge < -0.3 is 10.2 Å². The Morgan fingerprint density at radius 2 is 1.67 bits per heavy atom. The summed E-state index contributed by atoms with van der Waals surface area (Å²) in [4.78, 5) is 25.3. The average molecular weight is 303 g/mol. The zero-order valence-corrected chi connectivity index (χ0v) is 12.5. The molecule has 2 rings (SSSR count). The highest BCUT2D eigenvalue weighted by molar-refractivity contribution is 6.34. The number of anilines is 2. The molecule has 0 saturated heterocycles. The van der Waals surface area contributed by atoms with Gasteiger partial charge in [-0.15, -0.1) is 0 Å². The van der Waals surface area contributed by atoms with Crippen LogP contribution in [0.4, 0.5) is 11.4 Å². The molecule has 0 atom stereocenters. The molecule has 0 heterocycles. The Morgan fingerprint density at radius 3 is 2.33 bits per heavy atom. The molecule has 2 aromatic rings. The number of para-hydroxylation sites is 2. The van der Waals surface area contributed by atoms with Crippen molar-refractivity contribution in [1.82, 2.24) is 0 Å². The predicted molar refractivity (Wildman–Crippen MR) is 84.9 cm³/mol. The lowest BCUT2D eigenvalue weighted by Gasteiger charge is -2.19. The van der Waals surface area contributed by atoms with E-state index < -0.39 is 0 Å². The molecule has 1 N–H and O–H groups in total. The third-order valence-corrected chi connectivity index (χ3v) is 3.43. The molecule has 0 unspecified atom stereocenters. The van der Waals surface area contributed by atoms with Gasteiger partial charge in [-0.3, -0.25) is 9.59 Å². The maximum absolute atomic E-state index is 12.3. The highest BCUT2D eigenvalue weighted by atomic mass is 35.5. The number of amides is 2. The van der Waals surface area contributed by atoms with E-state index in [0.717, 1.165) is 0 Å². The quantitative estimate of drug-likeness (QED) is 0.942. The molecular weight excluding hydrogens is 288 g/mol. The van der Waals surface area contributed by atoms with Crippen molar-refractivity contribution in [3.8, 4) is 0 Å². The average Bonchev–Trinajstić information content (AvgIpc) is 2.47. The van der Waals surface area contributed by atoms with Crippen LogP contribution in [0.5, 0.6) is 0 Å². The van der Waals surface area contributed by atoms with E-state index in [-0.39, 0.29) is 11.8 Å². The highest BCUT2D eigenvalue weighted by Crippen LogP contribution is 2.26. The van der Waals surface area contributed by atoms with E-state index >= 15 is 0 Å². The molecule has 2 aromatic carbocycles. The molecule has 0 spiro atoms. The molecule has 0 bridgehead atoms. The van der Waals surface area contributed by atoms with Gasteiger partial charge in [-0.2, -0.15) is 0 Å². The number of halogens is 1. The summed E-state index contributed by atoms with van der Waals surface area (Å²) in [5, 5.41) is 3.17. The Kier molecular flexibility index (Phi) is 4.60. The summed E-state index contributed by atoms with van der Waals surface area (Å²) in [6.07, 6.45) is 0. The second-order valence-electron chi connectivity index (χ2n) is 4.53. The van der Waals surface area contributed by atoms with Crippen molar-refractivity contribution in [1.29, 1.82) is 0 Å². The number of rotatable bonds is 3. The lowest BCUT2D eigenvalue weighted by Crippen LogP contribution is -2.24. The van der Waals surface area contributed by atoms with Crippen molar-refractivity contribution in [3.63, 3.8) is 0 Å². The van der Waals surface area contributed by atoms with Crippen LogP contribution in [0.15, 0.2) is 48.5 Å². The maximum Gasteiger partial charge on any atom is 0.257 e. The zero-order valence-electron chi connectivity index (χ0n) is 11.8. The number of benzene rings is 2. The first-order valence-corrected chi connectivity index (χ1v) is 6.77. The van der Waals surface area contributed by atoms with Gasteiger partial charge in [0.25, 0.3) is 5.91 Å². The molecule has 4 nitrogen and oxygen atoms in total. The third-order valence-electron chi connectivity index (χ3n) is 3.10. The van der Waals surface area contributed by atoms with Crippen LogP contribution in [0.25, 0.3) is 0 Å². The van der Waals surface area contributed by atoms with Crippen LogP contribution in [0.1, 0.15) is 17.3 Å². The molecule has 21 heavy (non-hydrogen) atoms. The Balaban J connectivity index is 2.30. The summed E-state index contributed by atoms with van der Waals surface area (Å²) in [6.45, 7) is 1.46. The molecule has 0 aliphatic carbocycles. The van der Waals surface area contributed by atoms with Crippen LogP contribution in [0.3, 0.4) is 0 Å². The second-order valence-corrected chi connectivity index (χ2v) is 4.94. The van der Waals surface area contributed by atoms with Crippen LogP contribution in [-0.4, -0.2) is 18.9 Å². The number of hydrogen-bond donors (Lipinski definition) is 1. The molecular formula is C16H15ClN2O2. The molecule has 5 heteroatoms. The van der Waals surface area contributed by atoms with Crippen molar-refractivity contribution >= 4 is 34.8 Å². The Hall–Kier alpha value is -2.33. The minimum absolute atomic E-state index is 0.116. The van der Waals surface area contributed by atoms with Gasteiger partial charge in [-0.1, -0.05) is 35.9 Å². The number of nitrogens with zero attached hydrogens (tertiary/aromatic N) is 1. The summed E-state index contributed by atoms with van der Waals surface area (Å²) in [6, 6.07) is 13.9. The van der Waals surface area contributed by atoms with Crippen LogP contribution >= 0.6 is 11.6 Å². The number of hydrogen-bond acceptors (Lipinski definition) is 2. The van der Waals surface area contributed by atoms with Crippen LogP contribution in [-0.2, 0) is 4.79 Å². The van der Waals surface area contributed by atoms with Gasteiger partial charge in [0, 0.05) is 14.0 Å². The van der Waals surface area contributed by atoms with Crippen molar-refractivity contribution in [2.24, 2.45) is 0 Å². The van der Waals surface area contributed by atoms with Gasteiger partial charge in [0.05, 0.1) is 22.0 Å². The summed E-state index contributed by atoms with van der Waals surface area (Å²) < 4.78 is 0. The highest BCUT2D eigenvalue weighted by Gasteiger charge is 2.14. The fourth-order valence-electron chi connectivity index (χ4n) is 1.88. The molecule has 0 aliphatic heterocycles. The molecule has 0 aromatic heterocycles. The maximum atomic E-state index is 12.3. The Morgan fingerprint density at radius 1 is 1.05 bits per heavy atom. The minimum atomic E-state index is -0.315. The van der Waals surface area contributed by atoms with Gasteiger partial charge in [0.2, 0.25) is 5.91 Å². The van der Waals surface area contributed by atoms with E-state index in [0.29, 0.717) is 22.0 Å². The monoisotopic (exact) mass is 302 g/mol. The molecule has 2 amide bonds. The molecule has 108 valence electrons. The Bertz CT molecular complexity index is 685. The number of carbonyl (C=O) groups excluding carboxylic acids is 2. The molecule has 0 saturated carbocycles. The lowest BCUT2D eigenvalue weighted by atomic mass is 10.2. The smallest absolute Gasteiger partial charge is 0.257 e. The number of nitrogens with one attached hydrogen (secondary N) is 1. The summed E-state index contributed by atoms with van der Waals surface area (Å²) in [7, 11) is 1.66. The standard InChI is InChI=1S/C16H15ClN2O2/c1-11(20)19(2)15-10-6-5-9-14(15)18-16(21)12-7-3-4-8-13(12)17/h3-10H,1-2H3,(H,18,21). The van der Waals surface area contributed by atoms with Crippen LogP contribution in [0.2, 0.25) is 5.02 Å². The largest absolute Gasteiger partial charge is 0.320 e. The van der Waals surface area contributed by atoms with Gasteiger partial charge in [0.15, 0.2) is 0 Å². The number of carbonyl (C=O) groups is 2. The summed E-state index contributed by atoms with van der Waals surface area (Å²) >= 11 is 6.01. The fraction of sp³-hybridized carbons (Fsp3) is 0.125. The van der Waals surface area contributed by atoms with Gasteiger partial charge in [-0.05, 0) is 24.3 Å². The fourth-order valence-corrected chi connectivity index (χ4v) is 2.10. The van der Waals surface area contributed by atoms with Crippen LogP contribution < -0.4 is 10.2 Å². The van der Waals surface area contributed by atoms with Crippen LogP contribution in [0, 0.1) is 0 Å². The second kappa shape index (κ2) is 6.41. The zero-order chi connectivity index (χ0) is 15.4.